The van der Waals surface area contributed by atoms with Crippen LogP contribution in [-0.4, -0.2) is 31.6 Å². The quantitative estimate of drug-likeness (QED) is 0.740. The second kappa shape index (κ2) is 4.12. The number of nitrogens with zero attached hydrogens (tertiary/aromatic N) is 2. The number of rotatable bonds is 3. The molecule has 0 aliphatic carbocycles. The molecule has 1 heterocycles. The Morgan fingerprint density at radius 2 is 2.24 bits per heavy atom. The molecule has 88 valence electrons. The van der Waals surface area contributed by atoms with Crippen LogP contribution in [0.25, 0.3) is 0 Å². The minimum atomic E-state index is -1.22. The maximum atomic E-state index is 10.8. The van der Waals surface area contributed by atoms with Gasteiger partial charge in [-0.25, -0.2) is 9.89 Å². The predicted molar refractivity (Wildman–Crippen MR) is 56.3 cm³/mol. The zero-order valence-electron chi connectivity index (χ0n) is 8.84. The van der Waals surface area contributed by atoms with E-state index in [1.165, 1.54) is 6.07 Å². The Bertz CT molecular complexity index is 564. The van der Waals surface area contributed by atoms with Gasteiger partial charge in [0.15, 0.2) is 0 Å². The summed E-state index contributed by atoms with van der Waals surface area (Å²) in [5, 5.41) is 27.4. The summed E-state index contributed by atoms with van der Waals surface area (Å²) >= 11 is 0. The molecule has 0 saturated carbocycles. The van der Waals surface area contributed by atoms with Crippen LogP contribution in [0.1, 0.15) is 16.1 Å². The van der Waals surface area contributed by atoms with Gasteiger partial charge in [-0.15, -0.1) is 0 Å². The second-order valence-electron chi connectivity index (χ2n) is 3.30. The Morgan fingerprint density at radius 3 is 2.94 bits per heavy atom. The van der Waals surface area contributed by atoms with Crippen molar-refractivity contribution in [1.29, 1.82) is 0 Å². The van der Waals surface area contributed by atoms with Crippen LogP contribution in [0, 0.1) is 6.92 Å². The van der Waals surface area contributed by atoms with Gasteiger partial charge in [-0.1, -0.05) is 16.4 Å². The Labute approximate surface area is 95.7 Å². The highest BCUT2D eigenvalue weighted by Gasteiger charge is 2.17. The third kappa shape index (κ3) is 2.03. The Balaban J connectivity index is 2.35. The van der Waals surface area contributed by atoms with E-state index in [2.05, 4.69) is 15.4 Å². The van der Waals surface area contributed by atoms with E-state index in [4.69, 9.17) is 9.84 Å². The van der Waals surface area contributed by atoms with Crippen LogP contribution in [-0.2, 0) is 0 Å². The number of aromatic nitrogens is 3. The number of phenolic OH excluding ortho intramolecular Hbond substituents is 1. The number of carboxylic acids is 1. The molecule has 1 aromatic carbocycles. The van der Waals surface area contributed by atoms with Gasteiger partial charge in [0, 0.05) is 5.56 Å². The van der Waals surface area contributed by atoms with Gasteiger partial charge < -0.3 is 14.9 Å². The van der Waals surface area contributed by atoms with Crippen molar-refractivity contribution in [3.63, 3.8) is 0 Å². The summed E-state index contributed by atoms with van der Waals surface area (Å²) < 4.78 is 5.28. The normalized spacial score (nSPS) is 10.2. The summed E-state index contributed by atoms with van der Waals surface area (Å²) in [7, 11) is 0. The lowest BCUT2D eigenvalue weighted by Crippen LogP contribution is -2.00. The number of aromatic hydroxyl groups is 1. The Hall–Kier alpha value is -2.57. The molecule has 0 bridgehead atoms. The van der Waals surface area contributed by atoms with E-state index < -0.39 is 5.97 Å². The maximum absolute atomic E-state index is 10.8. The number of nitrogens with one attached hydrogen (secondary N) is 1. The van der Waals surface area contributed by atoms with Crippen LogP contribution in [0.5, 0.6) is 17.4 Å². The van der Waals surface area contributed by atoms with Gasteiger partial charge in [-0.3, -0.25) is 0 Å². The molecule has 1 aromatic heterocycles. The van der Waals surface area contributed by atoms with Crippen molar-refractivity contribution < 1.29 is 19.7 Å². The van der Waals surface area contributed by atoms with Crippen LogP contribution in [0.2, 0.25) is 0 Å². The second-order valence-corrected chi connectivity index (χ2v) is 3.30. The van der Waals surface area contributed by atoms with Crippen molar-refractivity contribution in [2.75, 3.05) is 0 Å². The zero-order chi connectivity index (χ0) is 12.4. The van der Waals surface area contributed by atoms with E-state index in [1.54, 1.807) is 19.1 Å². The number of carboxylic acid groups (broad SMARTS) is 1. The van der Waals surface area contributed by atoms with E-state index in [-0.39, 0.29) is 17.3 Å². The van der Waals surface area contributed by atoms with E-state index in [0.717, 1.165) is 0 Å². The molecule has 0 aliphatic heterocycles. The summed E-state index contributed by atoms with van der Waals surface area (Å²) in [5.74, 6) is -0.988. The first-order chi connectivity index (χ1) is 8.09. The monoisotopic (exact) mass is 235 g/mol. The molecule has 0 radical (unpaired) electrons. The minimum absolute atomic E-state index is 0.0582. The number of hydrogen-bond donors (Lipinski definition) is 3. The number of H-pyrrole nitrogens is 1. The number of benzene rings is 1. The third-order valence-electron chi connectivity index (χ3n) is 2.19. The summed E-state index contributed by atoms with van der Waals surface area (Å²) in [6.45, 7) is 1.64. The maximum Gasteiger partial charge on any atom is 0.359 e. The van der Waals surface area contributed by atoms with Gasteiger partial charge >= 0.3 is 5.97 Å². The lowest BCUT2D eigenvalue weighted by atomic mass is 10.2. The SMILES string of the molecule is Cc1c(O)cccc1Oc1nn[nH]c1C(=O)O. The van der Waals surface area contributed by atoms with Crippen molar-refractivity contribution in [3.8, 4) is 17.4 Å². The highest BCUT2D eigenvalue weighted by Crippen LogP contribution is 2.30. The van der Waals surface area contributed by atoms with Crippen LogP contribution < -0.4 is 4.74 Å². The average molecular weight is 235 g/mol. The molecule has 0 aliphatic rings. The lowest BCUT2D eigenvalue weighted by Gasteiger charge is -2.07. The largest absolute Gasteiger partial charge is 0.508 e. The minimum Gasteiger partial charge on any atom is -0.508 e. The van der Waals surface area contributed by atoms with E-state index in [9.17, 15) is 9.90 Å². The molecule has 0 unspecified atom stereocenters. The standard InChI is InChI=1S/C10H9N3O4/c1-5-6(14)3-2-4-7(5)17-9-8(10(15)16)11-13-12-9/h2-4,14H,1H3,(H,15,16)(H,11,12,13). The number of phenols is 1. The first kappa shape index (κ1) is 10.9. The molecule has 17 heavy (non-hydrogen) atoms. The van der Waals surface area contributed by atoms with Gasteiger partial charge in [0.2, 0.25) is 5.69 Å². The van der Waals surface area contributed by atoms with Crippen LogP contribution in [0.4, 0.5) is 0 Å². The smallest absolute Gasteiger partial charge is 0.359 e. The highest BCUT2D eigenvalue weighted by molar-refractivity contribution is 5.87. The molecule has 0 atom stereocenters. The van der Waals surface area contributed by atoms with Crippen LogP contribution >= 0.6 is 0 Å². The highest BCUT2D eigenvalue weighted by atomic mass is 16.5. The van der Waals surface area contributed by atoms with Crippen molar-refractivity contribution in [3.05, 3.63) is 29.5 Å². The van der Waals surface area contributed by atoms with Crippen LogP contribution in [0.15, 0.2) is 18.2 Å². The van der Waals surface area contributed by atoms with Crippen molar-refractivity contribution in [2.45, 2.75) is 6.92 Å². The molecule has 0 saturated heterocycles. The summed E-state index contributed by atoms with van der Waals surface area (Å²) in [5.41, 5.74) is 0.250. The van der Waals surface area contributed by atoms with E-state index in [1.807, 2.05) is 0 Å². The predicted octanol–water partition coefficient (Wildman–Crippen LogP) is 1.31. The molecule has 2 rings (SSSR count). The third-order valence-corrected chi connectivity index (χ3v) is 2.19. The lowest BCUT2D eigenvalue weighted by molar-refractivity contribution is 0.0687. The van der Waals surface area contributed by atoms with Gasteiger partial charge in [0.1, 0.15) is 11.5 Å². The number of aromatic amines is 1. The fraction of sp³-hybridized carbons (Fsp3) is 0.100. The molecule has 7 nitrogen and oxygen atoms in total. The summed E-state index contributed by atoms with van der Waals surface area (Å²) in [4.78, 5) is 10.8. The van der Waals surface area contributed by atoms with E-state index in [0.29, 0.717) is 11.3 Å². The van der Waals surface area contributed by atoms with Crippen molar-refractivity contribution in [2.24, 2.45) is 0 Å². The molecule has 0 amide bonds. The first-order valence-corrected chi connectivity index (χ1v) is 4.70. The molecule has 0 spiro atoms. The fourth-order valence-electron chi connectivity index (χ4n) is 1.25. The molecule has 3 N–H and O–H groups in total. The molecule has 0 fully saturated rings. The zero-order valence-corrected chi connectivity index (χ0v) is 8.84. The Kier molecular flexibility index (Phi) is 2.65. The van der Waals surface area contributed by atoms with Gasteiger partial charge in [-0.2, -0.15) is 0 Å². The topological polar surface area (TPSA) is 108 Å². The first-order valence-electron chi connectivity index (χ1n) is 4.70. The molecule has 7 heteroatoms. The average Bonchev–Trinajstić information content (AvgIpc) is 2.73. The number of ether oxygens (including phenoxy) is 1. The van der Waals surface area contributed by atoms with Crippen molar-refractivity contribution >= 4 is 5.97 Å². The van der Waals surface area contributed by atoms with Gasteiger partial charge in [0.05, 0.1) is 0 Å². The van der Waals surface area contributed by atoms with Crippen molar-refractivity contribution in [1.82, 2.24) is 15.4 Å². The number of hydrogen-bond acceptors (Lipinski definition) is 5. The fourth-order valence-corrected chi connectivity index (χ4v) is 1.25. The summed E-state index contributed by atoms with van der Waals surface area (Å²) in [6, 6.07) is 4.68. The van der Waals surface area contributed by atoms with Crippen LogP contribution in [0.3, 0.4) is 0 Å². The van der Waals surface area contributed by atoms with E-state index >= 15 is 0 Å². The van der Waals surface area contributed by atoms with Gasteiger partial charge in [0.25, 0.3) is 5.88 Å². The molecular formula is C10H9N3O4. The molecular weight excluding hydrogens is 226 g/mol. The number of aromatic carboxylic acids is 1. The van der Waals surface area contributed by atoms with Gasteiger partial charge in [-0.05, 0) is 19.1 Å². The summed E-state index contributed by atoms with van der Waals surface area (Å²) in [6.07, 6.45) is 0. The number of carbonyl (C=O) groups is 1. The molecule has 2 aromatic rings. The Morgan fingerprint density at radius 1 is 1.47 bits per heavy atom.